The van der Waals surface area contributed by atoms with Gasteiger partial charge in [0.2, 0.25) is 0 Å². The molecule has 0 heterocycles. The monoisotopic (exact) mass is 363 g/mol. The highest BCUT2D eigenvalue weighted by Gasteiger charge is 2.14. The zero-order chi connectivity index (χ0) is 17.5. The standard InChI is InChI=1S/C17H15Cl2N3O2/c1-2-11-6-3-4-9-15(11)21-16(23)17(24)22-20-10-12-13(18)7-5-8-14(12)19/h3-10H,2H2,1H3,(H,21,23)(H,22,24)/b20-10-. The Hall–Kier alpha value is -2.37. The number of anilines is 1. The van der Waals surface area contributed by atoms with Crippen molar-refractivity contribution in [1.82, 2.24) is 5.43 Å². The third-order valence-corrected chi connectivity index (χ3v) is 3.87. The summed E-state index contributed by atoms with van der Waals surface area (Å²) < 4.78 is 0. The Balaban J connectivity index is 1.99. The molecule has 2 amide bonds. The number of halogens is 2. The lowest BCUT2D eigenvalue weighted by Crippen LogP contribution is -2.32. The van der Waals surface area contributed by atoms with E-state index in [0.717, 1.165) is 12.0 Å². The first kappa shape index (κ1) is 18.0. The van der Waals surface area contributed by atoms with Gasteiger partial charge in [-0.05, 0) is 30.2 Å². The number of nitrogens with one attached hydrogen (secondary N) is 2. The van der Waals surface area contributed by atoms with Gasteiger partial charge in [-0.3, -0.25) is 9.59 Å². The molecule has 0 aliphatic heterocycles. The lowest BCUT2D eigenvalue weighted by Gasteiger charge is -2.08. The maximum Gasteiger partial charge on any atom is 0.329 e. The minimum atomic E-state index is -0.889. The third kappa shape index (κ3) is 4.57. The molecule has 0 radical (unpaired) electrons. The van der Waals surface area contributed by atoms with E-state index in [1.807, 2.05) is 19.1 Å². The predicted molar refractivity (Wildman–Crippen MR) is 96.6 cm³/mol. The third-order valence-electron chi connectivity index (χ3n) is 3.21. The van der Waals surface area contributed by atoms with E-state index >= 15 is 0 Å². The van der Waals surface area contributed by atoms with Crippen LogP contribution in [0.15, 0.2) is 47.6 Å². The van der Waals surface area contributed by atoms with Gasteiger partial charge in [0.05, 0.1) is 16.3 Å². The number of hydrazone groups is 1. The second-order valence-corrected chi connectivity index (χ2v) is 5.61. The molecule has 0 aliphatic carbocycles. The zero-order valence-corrected chi connectivity index (χ0v) is 14.4. The molecule has 7 heteroatoms. The van der Waals surface area contributed by atoms with E-state index in [1.165, 1.54) is 6.21 Å². The summed E-state index contributed by atoms with van der Waals surface area (Å²) in [5.41, 5.74) is 4.13. The molecule has 0 saturated heterocycles. The Morgan fingerprint density at radius 3 is 2.38 bits per heavy atom. The van der Waals surface area contributed by atoms with Gasteiger partial charge in [-0.2, -0.15) is 5.10 Å². The van der Waals surface area contributed by atoms with Gasteiger partial charge in [-0.15, -0.1) is 0 Å². The molecule has 0 unspecified atom stereocenters. The Bertz CT molecular complexity index is 771. The van der Waals surface area contributed by atoms with Gasteiger partial charge in [0.15, 0.2) is 0 Å². The minimum Gasteiger partial charge on any atom is -0.317 e. The molecule has 0 fully saturated rings. The topological polar surface area (TPSA) is 70.6 Å². The molecule has 2 N–H and O–H groups in total. The van der Waals surface area contributed by atoms with E-state index in [-0.39, 0.29) is 0 Å². The summed E-state index contributed by atoms with van der Waals surface area (Å²) in [6, 6.07) is 12.2. The van der Waals surface area contributed by atoms with E-state index < -0.39 is 11.8 Å². The number of hydrogen-bond acceptors (Lipinski definition) is 3. The molecule has 0 atom stereocenters. The van der Waals surface area contributed by atoms with Crippen molar-refractivity contribution in [2.24, 2.45) is 5.10 Å². The van der Waals surface area contributed by atoms with Gasteiger partial charge < -0.3 is 5.32 Å². The highest BCUT2D eigenvalue weighted by Crippen LogP contribution is 2.22. The van der Waals surface area contributed by atoms with Crippen molar-refractivity contribution in [2.75, 3.05) is 5.32 Å². The van der Waals surface area contributed by atoms with Crippen molar-refractivity contribution in [3.63, 3.8) is 0 Å². The maximum atomic E-state index is 11.9. The van der Waals surface area contributed by atoms with Gasteiger partial charge in [0.25, 0.3) is 0 Å². The number of hydrogen-bond donors (Lipinski definition) is 2. The Kier molecular flexibility index (Phi) is 6.35. The van der Waals surface area contributed by atoms with Crippen LogP contribution in [-0.4, -0.2) is 18.0 Å². The highest BCUT2D eigenvalue weighted by molar-refractivity contribution is 6.40. The van der Waals surface area contributed by atoms with Crippen LogP contribution < -0.4 is 10.7 Å². The zero-order valence-electron chi connectivity index (χ0n) is 12.8. The van der Waals surface area contributed by atoms with Crippen LogP contribution in [0.2, 0.25) is 10.0 Å². The van der Waals surface area contributed by atoms with Crippen molar-refractivity contribution >= 4 is 46.9 Å². The van der Waals surface area contributed by atoms with Crippen molar-refractivity contribution in [3.05, 3.63) is 63.6 Å². The number of carbonyl (C=O) groups is 2. The van der Waals surface area contributed by atoms with Crippen molar-refractivity contribution < 1.29 is 9.59 Å². The smallest absolute Gasteiger partial charge is 0.317 e. The lowest BCUT2D eigenvalue weighted by molar-refractivity contribution is -0.136. The molecule has 0 saturated carbocycles. The second kappa shape index (κ2) is 8.47. The maximum absolute atomic E-state index is 11.9. The number of nitrogens with zero attached hydrogens (tertiary/aromatic N) is 1. The molecule has 0 spiro atoms. The fourth-order valence-electron chi connectivity index (χ4n) is 1.97. The number of aryl methyl sites for hydroxylation is 1. The van der Waals surface area contributed by atoms with Gasteiger partial charge >= 0.3 is 11.8 Å². The summed E-state index contributed by atoms with van der Waals surface area (Å²) in [6.07, 6.45) is 2.02. The lowest BCUT2D eigenvalue weighted by atomic mass is 10.1. The molecule has 0 aromatic heterocycles. The molecule has 0 bridgehead atoms. The van der Waals surface area contributed by atoms with Crippen LogP contribution in [-0.2, 0) is 16.0 Å². The van der Waals surface area contributed by atoms with E-state index in [1.54, 1.807) is 30.3 Å². The molecule has 5 nitrogen and oxygen atoms in total. The molecule has 24 heavy (non-hydrogen) atoms. The summed E-state index contributed by atoms with van der Waals surface area (Å²) in [7, 11) is 0. The van der Waals surface area contributed by atoms with Crippen LogP contribution in [0.1, 0.15) is 18.1 Å². The van der Waals surface area contributed by atoms with Crippen LogP contribution in [0.5, 0.6) is 0 Å². The van der Waals surface area contributed by atoms with E-state index in [0.29, 0.717) is 21.3 Å². The number of benzene rings is 2. The van der Waals surface area contributed by atoms with Gasteiger partial charge in [-0.1, -0.05) is 54.4 Å². The Labute approximate surface area is 149 Å². The average Bonchev–Trinajstić information content (AvgIpc) is 2.57. The van der Waals surface area contributed by atoms with Crippen LogP contribution in [0, 0.1) is 0 Å². The minimum absolute atomic E-state index is 0.391. The van der Waals surface area contributed by atoms with Crippen molar-refractivity contribution in [3.8, 4) is 0 Å². The summed E-state index contributed by atoms with van der Waals surface area (Å²) in [5.74, 6) is -1.70. The van der Waals surface area contributed by atoms with Crippen LogP contribution in [0.25, 0.3) is 0 Å². The Morgan fingerprint density at radius 1 is 1.04 bits per heavy atom. The van der Waals surface area contributed by atoms with Crippen molar-refractivity contribution in [1.29, 1.82) is 0 Å². The SMILES string of the molecule is CCc1ccccc1NC(=O)C(=O)N/N=C\c1c(Cl)cccc1Cl. The molecule has 0 aliphatic rings. The van der Waals surface area contributed by atoms with Crippen LogP contribution in [0.3, 0.4) is 0 Å². The molecule has 2 aromatic rings. The summed E-state index contributed by atoms with van der Waals surface area (Å²) in [5, 5.41) is 7.05. The van der Waals surface area contributed by atoms with E-state index in [2.05, 4.69) is 15.8 Å². The average molecular weight is 364 g/mol. The molecular formula is C17H15Cl2N3O2. The fourth-order valence-corrected chi connectivity index (χ4v) is 2.46. The first-order valence-corrected chi connectivity index (χ1v) is 7.94. The fraction of sp³-hybridized carbons (Fsp3) is 0.118. The molecule has 2 rings (SSSR count). The summed E-state index contributed by atoms with van der Waals surface area (Å²) >= 11 is 12.0. The van der Waals surface area contributed by atoms with Gasteiger partial charge in [0.1, 0.15) is 0 Å². The normalized spacial score (nSPS) is 10.6. The molecular weight excluding hydrogens is 349 g/mol. The molecule has 124 valence electrons. The number of amides is 2. The van der Waals surface area contributed by atoms with Gasteiger partial charge in [0, 0.05) is 11.3 Å². The first-order chi connectivity index (χ1) is 11.5. The van der Waals surface area contributed by atoms with Crippen molar-refractivity contribution in [2.45, 2.75) is 13.3 Å². The quantitative estimate of drug-likeness (QED) is 0.494. The summed E-state index contributed by atoms with van der Waals surface area (Å²) in [6.45, 7) is 1.96. The van der Waals surface area contributed by atoms with Gasteiger partial charge in [-0.25, -0.2) is 5.43 Å². The number of rotatable bonds is 4. The first-order valence-electron chi connectivity index (χ1n) is 7.19. The predicted octanol–water partition coefficient (Wildman–Crippen LogP) is 3.64. The highest BCUT2D eigenvalue weighted by atomic mass is 35.5. The second-order valence-electron chi connectivity index (χ2n) is 4.80. The molecule has 2 aromatic carbocycles. The van der Waals surface area contributed by atoms with E-state index in [9.17, 15) is 9.59 Å². The largest absolute Gasteiger partial charge is 0.329 e. The summed E-state index contributed by atoms with van der Waals surface area (Å²) in [4.78, 5) is 23.7. The van der Waals surface area contributed by atoms with Crippen LogP contribution >= 0.6 is 23.2 Å². The number of para-hydroxylation sites is 1. The van der Waals surface area contributed by atoms with E-state index in [4.69, 9.17) is 23.2 Å². The van der Waals surface area contributed by atoms with Crippen LogP contribution in [0.4, 0.5) is 5.69 Å². The Morgan fingerprint density at radius 2 is 1.71 bits per heavy atom. The number of carbonyl (C=O) groups excluding carboxylic acids is 2.